The van der Waals surface area contributed by atoms with Crippen molar-refractivity contribution in [3.8, 4) is 5.75 Å². The Morgan fingerprint density at radius 3 is 2.18 bits per heavy atom. The van der Waals surface area contributed by atoms with E-state index >= 15 is 0 Å². The number of anilines is 1. The van der Waals surface area contributed by atoms with E-state index < -0.39 is 65.0 Å². The molecule has 1 amide bonds. The molecule has 0 saturated heterocycles. The number of nitrogens with one attached hydrogen (secondary N) is 1. The van der Waals surface area contributed by atoms with Crippen LogP contribution in [0.5, 0.6) is 5.75 Å². The van der Waals surface area contributed by atoms with Crippen molar-refractivity contribution < 1.29 is 78.0 Å². The zero-order valence-corrected chi connectivity index (χ0v) is 24.2. The van der Waals surface area contributed by atoms with Gasteiger partial charge >= 0.3 is 40.0 Å². The first-order chi connectivity index (χ1) is 17.1. The number of hydrogen-bond acceptors (Lipinski definition) is 12. The van der Waals surface area contributed by atoms with Crippen LogP contribution in [0.1, 0.15) is 6.92 Å². The van der Waals surface area contributed by atoms with Gasteiger partial charge in [-0.2, -0.15) is 13.5 Å². The third-order valence-electron chi connectivity index (χ3n) is 4.69. The molecule has 0 spiro atoms. The summed E-state index contributed by atoms with van der Waals surface area (Å²) in [6, 6.07) is 9.72. The van der Waals surface area contributed by atoms with Crippen LogP contribution in [0, 0.1) is 0 Å². The fraction of sp³-hybridized carbons (Fsp3) is 0.150. The fourth-order valence-corrected chi connectivity index (χ4v) is 5.25. The van der Waals surface area contributed by atoms with Crippen molar-refractivity contribution in [1.82, 2.24) is 0 Å². The van der Waals surface area contributed by atoms with E-state index in [-0.39, 0.29) is 50.9 Å². The molecule has 3 N–H and O–H groups in total. The van der Waals surface area contributed by atoms with Crippen molar-refractivity contribution in [3.63, 3.8) is 0 Å². The van der Waals surface area contributed by atoms with Gasteiger partial charge in [0, 0.05) is 18.0 Å². The maximum Gasteiger partial charge on any atom is 1.00 e. The molecule has 0 bridgehead atoms. The third-order valence-corrected chi connectivity index (χ3v) is 7.70. The van der Waals surface area contributed by atoms with E-state index in [0.717, 1.165) is 18.2 Å². The Kier molecular flexibility index (Phi) is 10.1. The first-order valence-electron chi connectivity index (χ1n) is 9.96. The van der Waals surface area contributed by atoms with Crippen LogP contribution in [0.2, 0.25) is 0 Å². The molecule has 0 aliphatic carbocycles. The van der Waals surface area contributed by atoms with Gasteiger partial charge in [-0.25, -0.2) is 21.0 Å². The molecule has 0 aliphatic heterocycles. The molecule has 18 heteroatoms. The Balaban J connectivity index is 0.00000507. The van der Waals surface area contributed by atoms with E-state index in [1.54, 1.807) is 0 Å². The van der Waals surface area contributed by atoms with Gasteiger partial charge in [-0.1, -0.05) is 0 Å². The SMILES string of the molecule is CC(=O)Nc1ccc2c(O)c(N=Nc3ccc(S(=O)(=O)CCOS(=O)(=O)O)cc3)c(S(=O)(=O)[O-])cc2c1.[Na+]. The number of azo groups is 1. The summed E-state index contributed by atoms with van der Waals surface area (Å²) in [4.78, 5) is 10.2. The summed E-state index contributed by atoms with van der Waals surface area (Å²) in [5, 5.41) is 20.8. The van der Waals surface area contributed by atoms with Crippen molar-refractivity contribution in [2.45, 2.75) is 16.7 Å². The van der Waals surface area contributed by atoms with Crippen molar-refractivity contribution >= 4 is 64.1 Å². The van der Waals surface area contributed by atoms with Gasteiger partial charge < -0.3 is 15.0 Å². The monoisotopic (exact) mass is 595 g/mol. The molecule has 38 heavy (non-hydrogen) atoms. The molecule has 0 fully saturated rings. The molecule has 0 atom stereocenters. The molecule has 0 aromatic heterocycles. The summed E-state index contributed by atoms with van der Waals surface area (Å²) >= 11 is 0. The molecule has 3 rings (SSSR count). The maximum atomic E-state index is 12.2. The van der Waals surface area contributed by atoms with Gasteiger partial charge in [0.15, 0.2) is 15.6 Å². The van der Waals surface area contributed by atoms with E-state index in [9.17, 15) is 39.7 Å². The Morgan fingerprint density at radius 1 is 1.00 bits per heavy atom. The van der Waals surface area contributed by atoms with Crippen molar-refractivity contribution in [1.29, 1.82) is 0 Å². The molecule has 0 radical (unpaired) electrons. The van der Waals surface area contributed by atoms with Crippen LogP contribution >= 0.6 is 0 Å². The van der Waals surface area contributed by atoms with E-state index in [1.165, 1.54) is 37.3 Å². The molecule has 198 valence electrons. The number of nitrogens with zero attached hydrogens (tertiary/aromatic N) is 2. The number of hydrogen-bond donors (Lipinski definition) is 3. The van der Waals surface area contributed by atoms with Crippen LogP contribution in [0.4, 0.5) is 17.1 Å². The molecular formula is C20H18N3NaO11S3. The molecule has 0 aliphatic rings. The topological polar surface area (TPSA) is 229 Å². The summed E-state index contributed by atoms with van der Waals surface area (Å²) in [7, 11) is -13.9. The number of phenolic OH excluding ortho intramolecular Hbond substituents is 1. The smallest absolute Gasteiger partial charge is 0.744 e. The Bertz CT molecular complexity index is 1720. The molecular weight excluding hydrogens is 577 g/mol. The predicted molar refractivity (Wildman–Crippen MR) is 128 cm³/mol. The molecule has 3 aromatic carbocycles. The summed E-state index contributed by atoms with van der Waals surface area (Å²) in [5.41, 5.74) is -0.334. The molecule has 0 heterocycles. The second kappa shape index (κ2) is 12.1. The number of fused-ring (bicyclic) bond motifs is 1. The van der Waals surface area contributed by atoms with Crippen LogP contribution in [-0.2, 0) is 39.3 Å². The number of carbonyl (C=O) groups is 1. The Morgan fingerprint density at radius 2 is 1.63 bits per heavy atom. The summed E-state index contributed by atoms with van der Waals surface area (Å²) in [5.74, 6) is -1.81. The first-order valence-corrected chi connectivity index (χ1v) is 14.4. The van der Waals surface area contributed by atoms with Crippen LogP contribution < -0.4 is 34.9 Å². The van der Waals surface area contributed by atoms with Crippen LogP contribution in [0.3, 0.4) is 0 Å². The van der Waals surface area contributed by atoms with E-state index in [1.807, 2.05) is 0 Å². The minimum atomic E-state index is -5.14. The summed E-state index contributed by atoms with van der Waals surface area (Å²) in [6.45, 7) is 0.446. The number of carbonyl (C=O) groups excluding carboxylic acids is 1. The molecule has 0 saturated carbocycles. The zero-order valence-electron chi connectivity index (χ0n) is 19.7. The zero-order chi connectivity index (χ0) is 27.6. The Labute approximate surface area is 239 Å². The van der Waals surface area contributed by atoms with Gasteiger partial charge in [0.05, 0.1) is 27.8 Å². The predicted octanol–water partition coefficient (Wildman–Crippen LogP) is -0.580. The third kappa shape index (κ3) is 8.26. The molecule has 3 aromatic rings. The van der Waals surface area contributed by atoms with E-state index in [2.05, 4.69) is 19.7 Å². The van der Waals surface area contributed by atoms with Gasteiger partial charge in [-0.3, -0.25) is 9.35 Å². The van der Waals surface area contributed by atoms with Gasteiger partial charge in [-0.05, 0) is 53.9 Å². The number of rotatable bonds is 9. The fourth-order valence-electron chi connectivity index (χ4n) is 3.11. The van der Waals surface area contributed by atoms with Crippen LogP contribution in [0.15, 0.2) is 68.6 Å². The average Bonchev–Trinajstić information content (AvgIpc) is 2.76. The van der Waals surface area contributed by atoms with Gasteiger partial charge in [-0.15, -0.1) is 5.11 Å². The number of benzene rings is 3. The number of sulfone groups is 1. The van der Waals surface area contributed by atoms with Crippen LogP contribution in [0.25, 0.3) is 10.8 Å². The number of aromatic hydroxyl groups is 1. The second-order valence-electron chi connectivity index (χ2n) is 7.41. The number of amides is 1. The minimum Gasteiger partial charge on any atom is -0.744 e. The van der Waals surface area contributed by atoms with Crippen molar-refractivity contribution in [2.75, 3.05) is 17.7 Å². The average molecular weight is 596 g/mol. The summed E-state index contributed by atoms with van der Waals surface area (Å²) < 4.78 is 93.7. The number of phenols is 1. The standard InChI is InChI=1S/C20H19N3O11S3.Na/c1-12(24)21-15-4-7-17-13(10-15)11-18(36(28,29)30)19(20(17)25)23-22-14-2-5-16(6-3-14)35(26,27)9-8-34-37(31,32)33;/h2-7,10-11,25H,8-9H2,1H3,(H,21,24)(H,28,29,30)(H,31,32,33);/q;+1/p-1. The molecule has 0 unspecified atom stereocenters. The normalized spacial score (nSPS) is 12.4. The second-order valence-corrected chi connectivity index (χ2v) is 12.0. The van der Waals surface area contributed by atoms with Crippen LogP contribution in [-0.4, -0.2) is 57.7 Å². The van der Waals surface area contributed by atoms with Gasteiger partial charge in [0.1, 0.15) is 15.8 Å². The van der Waals surface area contributed by atoms with Crippen molar-refractivity contribution in [2.24, 2.45) is 10.2 Å². The van der Waals surface area contributed by atoms with E-state index in [0.29, 0.717) is 5.69 Å². The van der Waals surface area contributed by atoms with Gasteiger partial charge in [0.2, 0.25) is 5.91 Å². The largest absolute Gasteiger partial charge is 1.00 e. The van der Waals surface area contributed by atoms with Crippen molar-refractivity contribution in [3.05, 3.63) is 48.5 Å². The maximum absolute atomic E-state index is 12.2. The van der Waals surface area contributed by atoms with Gasteiger partial charge in [0.25, 0.3) is 0 Å². The first kappa shape index (κ1) is 31.7. The summed E-state index contributed by atoms with van der Waals surface area (Å²) in [6.07, 6.45) is 0. The van der Waals surface area contributed by atoms with E-state index in [4.69, 9.17) is 4.55 Å². The minimum absolute atomic E-state index is 0. The Hall–Kier alpha value is -2.48. The molecule has 14 nitrogen and oxygen atoms in total. The quantitative estimate of drug-likeness (QED) is 0.161.